The molecule has 0 aromatic carbocycles. The second-order valence-corrected chi connectivity index (χ2v) is 24.2. The van der Waals surface area contributed by atoms with Crippen LogP contribution in [0.2, 0.25) is 0 Å². The van der Waals surface area contributed by atoms with Gasteiger partial charge in [-0.3, -0.25) is 9.59 Å². The number of hydrogen-bond donors (Lipinski definition) is 3. The van der Waals surface area contributed by atoms with Crippen molar-refractivity contribution in [1.82, 2.24) is 5.32 Å². The zero-order chi connectivity index (χ0) is 55.7. The fourth-order valence-electron chi connectivity index (χ4n) is 11.1. The molecule has 0 bridgehead atoms. The average molecular weight is 1080 g/mol. The van der Waals surface area contributed by atoms with Crippen LogP contribution in [0.1, 0.15) is 393 Å². The lowest BCUT2D eigenvalue weighted by atomic mass is 10.0. The molecule has 0 aromatic heterocycles. The Hall–Kier alpha value is -1.66. The molecule has 0 aliphatic carbocycles. The Morgan fingerprint density at radius 1 is 0.351 bits per heavy atom. The van der Waals surface area contributed by atoms with Gasteiger partial charge in [0.15, 0.2) is 0 Å². The van der Waals surface area contributed by atoms with Gasteiger partial charge in [-0.2, -0.15) is 0 Å². The monoisotopic (exact) mass is 1080 g/mol. The number of carbonyl (C=O) groups excluding carboxylic acids is 2. The molecule has 0 saturated heterocycles. The normalized spacial score (nSPS) is 12.6. The summed E-state index contributed by atoms with van der Waals surface area (Å²) >= 11 is 0. The van der Waals surface area contributed by atoms with Gasteiger partial charge in [0.2, 0.25) is 5.91 Å². The van der Waals surface area contributed by atoms with E-state index in [2.05, 4.69) is 43.5 Å². The topological polar surface area (TPSA) is 95.9 Å². The molecule has 0 heterocycles. The third-order valence-corrected chi connectivity index (χ3v) is 16.5. The maximum atomic E-state index is 12.5. The first-order valence-corrected chi connectivity index (χ1v) is 35.1. The van der Waals surface area contributed by atoms with E-state index in [4.69, 9.17) is 4.74 Å². The molecule has 0 aromatic rings. The van der Waals surface area contributed by atoms with Crippen molar-refractivity contribution in [3.8, 4) is 0 Å². The molecule has 77 heavy (non-hydrogen) atoms. The summed E-state index contributed by atoms with van der Waals surface area (Å²) < 4.78 is 5.51. The Balaban J connectivity index is 3.36. The summed E-state index contributed by atoms with van der Waals surface area (Å²) in [7, 11) is 0. The van der Waals surface area contributed by atoms with E-state index >= 15 is 0 Å². The van der Waals surface area contributed by atoms with E-state index in [-0.39, 0.29) is 18.5 Å². The molecular formula is C71H137NO5. The molecule has 6 nitrogen and oxygen atoms in total. The maximum absolute atomic E-state index is 12.5. The molecule has 0 saturated carbocycles. The standard InChI is InChI=1S/C71H137NO5/c1-3-5-7-9-11-13-15-17-19-20-30-34-37-41-45-49-53-57-61-65-71(76)77-66-62-58-54-50-46-42-38-35-32-29-27-25-23-21-22-24-26-28-31-33-36-40-44-48-52-56-60-64-70(75)72-68(67-73)69(74)63-59-55-51-47-43-39-18-16-14-12-10-8-6-4-2/h17,19,21-22,68-69,73-74H,3-16,18,20,23-67H2,1-2H3,(H,72,75)/b19-17-,22-21-. The molecule has 6 heteroatoms. The minimum absolute atomic E-state index is 0.0154. The molecule has 1 amide bonds. The smallest absolute Gasteiger partial charge is 0.305 e. The Kier molecular flexibility index (Phi) is 65.4. The Morgan fingerprint density at radius 2 is 0.610 bits per heavy atom. The highest BCUT2D eigenvalue weighted by Gasteiger charge is 2.20. The van der Waals surface area contributed by atoms with Crippen LogP contribution in [-0.4, -0.2) is 47.4 Å². The van der Waals surface area contributed by atoms with Crippen LogP contribution in [0.3, 0.4) is 0 Å². The second kappa shape index (κ2) is 66.8. The average Bonchev–Trinajstić information content (AvgIpc) is 3.43. The molecule has 0 fully saturated rings. The van der Waals surface area contributed by atoms with Crippen LogP contribution >= 0.6 is 0 Å². The number of unbranched alkanes of at least 4 members (excludes halogenated alkanes) is 51. The number of allylic oxidation sites excluding steroid dienone is 4. The van der Waals surface area contributed by atoms with Crippen molar-refractivity contribution in [1.29, 1.82) is 0 Å². The number of aliphatic hydroxyl groups is 2. The summed E-state index contributed by atoms with van der Waals surface area (Å²) in [6, 6.07) is -0.541. The van der Waals surface area contributed by atoms with E-state index in [0.29, 0.717) is 25.9 Å². The van der Waals surface area contributed by atoms with Gasteiger partial charge >= 0.3 is 5.97 Å². The van der Waals surface area contributed by atoms with E-state index in [1.807, 2.05) is 0 Å². The summed E-state index contributed by atoms with van der Waals surface area (Å²) in [4.78, 5) is 24.6. The number of hydrogen-bond acceptors (Lipinski definition) is 5. The van der Waals surface area contributed by atoms with Crippen molar-refractivity contribution in [2.75, 3.05) is 13.2 Å². The van der Waals surface area contributed by atoms with Gasteiger partial charge in [0.1, 0.15) is 0 Å². The van der Waals surface area contributed by atoms with Crippen LogP contribution in [0.25, 0.3) is 0 Å². The van der Waals surface area contributed by atoms with Crippen LogP contribution in [0.15, 0.2) is 24.3 Å². The molecule has 0 radical (unpaired) electrons. The lowest BCUT2D eigenvalue weighted by Crippen LogP contribution is -2.45. The SMILES string of the molecule is CCCCCCCC/C=C\CCCCCCCCCCCC(=O)OCCCCCCCCCCCCCC/C=C\CCCCCCCCCCCCCC(=O)NC(CO)C(O)CCCCCCCCCCCCCCCC. The van der Waals surface area contributed by atoms with E-state index in [0.717, 1.165) is 38.5 Å². The Labute approximate surface area is 481 Å². The van der Waals surface area contributed by atoms with Crippen LogP contribution in [0, 0.1) is 0 Å². The van der Waals surface area contributed by atoms with Crippen molar-refractivity contribution in [3.63, 3.8) is 0 Å². The van der Waals surface area contributed by atoms with Crippen molar-refractivity contribution >= 4 is 11.9 Å². The fraction of sp³-hybridized carbons (Fsp3) is 0.915. The van der Waals surface area contributed by atoms with Gasteiger partial charge in [-0.25, -0.2) is 0 Å². The highest BCUT2D eigenvalue weighted by Crippen LogP contribution is 2.18. The highest BCUT2D eigenvalue weighted by atomic mass is 16.5. The molecule has 0 aliphatic heterocycles. The molecule has 2 unspecified atom stereocenters. The van der Waals surface area contributed by atoms with Crippen molar-refractivity contribution < 1.29 is 24.5 Å². The molecular weight excluding hydrogens is 947 g/mol. The molecule has 456 valence electrons. The quantitative estimate of drug-likeness (QED) is 0.0320. The number of ether oxygens (including phenoxy) is 1. The minimum Gasteiger partial charge on any atom is -0.466 e. The fourth-order valence-corrected chi connectivity index (χ4v) is 11.1. The van der Waals surface area contributed by atoms with Gasteiger partial charge in [0, 0.05) is 12.8 Å². The Bertz CT molecular complexity index is 1200. The van der Waals surface area contributed by atoms with Crippen molar-refractivity contribution in [2.24, 2.45) is 0 Å². The first-order valence-electron chi connectivity index (χ1n) is 35.1. The van der Waals surface area contributed by atoms with E-state index in [1.165, 1.54) is 321 Å². The molecule has 2 atom stereocenters. The van der Waals surface area contributed by atoms with Crippen molar-refractivity contribution in [3.05, 3.63) is 24.3 Å². The number of amides is 1. The summed E-state index contributed by atoms with van der Waals surface area (Å²) in [6.07, 6.45) is 83.7. The van der Waals surface area contributed by atoms with Crippen LogP contribution < -0.4 is 5.32 Å². The van der Waals surface area contributed by atoms with Gasteiger partial charge < -0.3 is 20.3 Å². The second-order valence-electron chi connectivity index (χ2n) is 24.2. The molecule has 3 N–H and O–H groups in total. The minimum atomic E-state index is -0.664. The van der Waals surface area contributed by atoms with E-state index in [1.54, 1.807) is 0 Å². The lowest BCUT2D eigenvalue weighted by Gasteiger charge is -2.22. The number of aliphatic hydroxyl groups excluding tert-OH is 2. The zero-order valence-electron chi connectivity index (χ0n) is 52.2. The van der Waals surface area contributed by atoms with Gasteiger partial charge in [0.25, 0.3) is 0 Å². The van der Waals surface area contributed by atoms with Crippen molar-refractivity contribution in [2.45, 2.75) is 405 Å². The third-order valence-electron chi connectivity index (χ3n) is 16.5. The first-order chi connectivity index (χ1) is 38.0. The van der Waals surface area contributed by atoms with Crippen LogP contribution in [-0.2, 0) is 14.3 Å². The summed E-state index contributed by atoms with van der Waals surface area (Å²) in [5.74, 6) is -0.0181. The Morgan fingerprint density at radius 3 is 0.922 bits per heavy atom. The van der Waals surface area contributed by atoms with Gasteiger partial charge in [-0.1, -0.05) is 327 Å². The molecule has 0 rings (SSSR count). The number of carbonyl (C=O) groups is 2. The van der Waals surface area contributed by atoms with E-state index in [9.17, 15) is 19.8 Å². The molecule has 0 spiro atoms. The maximum Gasteiger partial charge on any atom is 0.305 e. The van der Waals surface area contributed by atoms with Gasteiger partial charge in [-0.15, -0.1) is 0 Å². The predicted octanol–water partition coefficient (Wildman–Crippen LogP) is 22.5. The highest BCUT2D eigenvalue weighted by molar-refractivity contribution is 5.76. The van der Waals surface area contributed by atoms with Gasteiger partial charge in [-0.05, 0) is 77.0 Å². The third kappa shape index (κ3) is 63.4. The van der Waals surface area contributed by atoms with Crippen LogP contribution in [0.4, 0.5) is 0 Å². The molecule has 0 aliphatic rings. The van der Waals surface area contributed by atoms with E-state index < -0.39 is 12.1 Å². The number of rotatable bonds is 66. The van der Waals surface area contributed by atoms with Gasteiger partial charge in [0.05, 0.1) is 25.4 Å². The van der Waals surface area contributed by atoms with Crippen LogP contribution in [0.5, 0.6) is 0 Å². The lowest BCUT2D eigenvalue weighted by molar-refractivity contribution is -0.143. The zero-order valence-corrected chi connectivity index (χ0v) is 52.2. The number of esters is 1. The summed E-state index contributed by atoms with van der Waals surface area (Å²) in [5, 5.41) is 23.3. The summed E-state index contributed by atoms with van der Waals surface area (Å²) in [6.45, 7) is 4.98. The number of nitrogens with one attached hydrogen (secondary N) is 1. The predicted molar refractivity (Wildman–Crippen MR) is 338 cm³/mol. The summed E-state index contributed by atoms with van der Waals surface area (Å²) in [5.41, 5.74) is 0. The first kappa shape index (κ1) is 75.3. The largest absolute Gasteiger partial charge is 0.466 e.